The van der Waals surface area contributed by atoms with Crippen LogP contribution in [-0.2, 0) is 9.59 Å². The smallest absolute Gasteiger partial charge is 0.273 e. The lowest BCUT2D eigenvalue weighted by Gasteiger charge is -2.26. The number of aryl methyl sites for hydroxylation is 1. The third kappa shape index (κ3) is 3.29. The predicted molar refractivity (Wildman–Crippen MR) is 91.6 cm³/mol. The molecule has 0 aromatic heterocycles. The van der Waals surface area contributed by atoms with Crippen LogP contribution in [0.1, 0.15) is 11.1 Å². The van der Waals surface area contributed by atoms with Gasteiger partial charge in [0.05, 0.1) is 5.69 Å². The van der Waals surface area contributed by atoms with Gasteiger partial charge in [-0.3, -0.25) is 14.9 Å². The van der Waals surface area contributed by atoms with Crippen molar-refractivity contribution >= 4 is 41.2 Å². The standard InChI is InChI=1S/C18H12ClFN2O3/c1-10-5-6-13(9-15(10)19)22-17(24)14(16(23)21-18(22)25)8-11-3-2-4-12(20)7-11/h2-9H,1H3,(H,21,23,25)/b14-8-. The first kappa shape index (κ1) is 16.9. The second-order valence-corrected chi connectivity index (χ2v) is 5.85. The second-order valence-electron chi connectivity index (χ2n) is 5.45. The lowest BCUT2D eigenvalue weighted by molar-refractivity contribution is -0.122. The molecule has 1 aliphatic rings. The number of imide groups is 2. The van der Waals surface area contributed by atoms with E-state index in [0.29, 0.717) is 10.6 Å². The Morgan fingerprint density at radius 1 is 1.12 bits per heavy atom. The molecule has 1 N–H and O–H groups in total. The summed E-state index contributed by atoms with van der Waals surface area (Å²) >= 11 is 6.05. The maximum absolute atomic E-state index is 13.3. The Kier molecular flexibility index (Phi) is 4.37. The molecular weight excluding hydrogens is 347 g/mol. The number of nitrogens with one attached hydrogen (secondary N) is 1. The van der Waals surface area contributed by atoms with E-state index in [2.05, 4.69) is 5.32 Å². The summed E-state index contributed by atoms with van der Waals surface area (Å²) in [6.07, 6.45) is 1.23. The number of carbonyl (C=O) groups is 3. The van der Waals surface area contributed by atoms with Crippen molar-refractivity contribution in [3.05, 3.63) is 70.0 Å². The monoisotopic (exact) mass is 358 g/mol. The summed E-state index contributed by atoms with van der Waals surface area (Å²) in [7, 11) is 0. The number of carbonyl (C=O) groups excluding carboxylic acids is 3. The fourth-order valence-electron chi connectivity index (χ4n) is 2.38. The Hall–Kier alpha value is -2.99. The lowest BCUT2D eigenvalue weighted by Crippen LogP contribution is -2.54. The second kappa shape index (κ2) is 6.49. The van der Waals surface area contributed by atoms with Gasteiger partial charge in [0.2, 0.25) is 0 Å². The van der Waals surface area contributed by atoms with Gasteiger partial charge < -0.3 is 0 Å². The molecule has 5 nitrogen and oxygen atoms in total. The fraction of sp³-hybridized carbons (Fsp3) is 0.0556. The molecule has 25 heavy (non-hydrogen) atoms. The lowest BCUT2D eigenvalue weighted by atomic mass is 10.1. The van der Waals surface area contributed by atoms with Crippen molar-refractivity contribution in [3.63, 3.8) is 0 Å². The zero-order valence-electron chi connectivity index (χ0n) is 13.0. The van der Waals surface area contributed by atoms with Gasteiger partial charge in [0.15, 0.2) is 0 Å². The number of benzene rings is 2. The van der Waals surface area contributed by atoms with Crippen LogP contribution in [0, 0.1) is 12.7 Å². The molecule has 0 aliphatic carbocycles. The van der Waals surface area contributed by atoms with E-state index in [1.807, 2.05) is 0 Å². The first-order valence-electron chi connectivity index (χ1n) is 7.30. The third-order valence-electron chi connectivity index (χ3n) is 3.67. The summed E-state index contributed by atoms with van der Waals surface area (Å²) in [6.45, 7) is 1.78. The average molecular weight is 359 g/mol. The fourth-order valence-corrected chi connectivity index (χ4v) is 2.55. The van der Waals surface area contributed by atoms with E-state index in [9.17, 15) is 18.8 Å². The Morgan fingerprint density at radius 3 is 2.56 bits per heavy atom. The van der Waals surface area contributed by atoms with Gasteiger partial charge >= 0.3 is 6.03 Å². The Morgan fingerprint density at radius 2 is 1.88 bits per heavy atom. The largest absolute Gasteiger partial charge is 0.335 e. The minimum Gasteiger partial charge on any atom is -0.273 e. The van der Waals surface area contributed by atoms with Crippen molar-refractivity contribution in [1.82, 2.24) is 5.32 Å². The van der Waals surface area contributed by atoms with E-state index in [4.69, 9.17) is 11.6 Å². The van der Waals surface area contributed by atoms with Crippen LogP contribution in [0.5, 0.6) is 0 Å². The van der Waals surface area contributed by atoms with Gasteiger partial charge in [-0.05, 0) is 48.4 Å². The maximum atomic E-state index is 13.3. The highest BCUT2D eigenvalue weighted by Crippen LogP contribution is 2.26. The van der Waals surface area contributed by atoms with E-state index in [-0.39, 0.29) is 11.3 Å². The van der Waals surface area contributed by atoms with Gasteiger partial charge in [0.25, 0.3) is 11.8 Å². The molecule has 0 atom stereocenters. The van der Waals surface area contributed by atoms with Crippen molar-refractivity contribution in [2.75, 3.05) is 4.90 Å². The van der Waals surface area contributed by atoms with Crippen molar-refractivity contribution in [2.45, 2.75) is 6.92 Å². The number of halogens is 2. The van der Waals surface area contributed by atoms with Crippen LogP contribution in [0.2, 0.25) is 5.02 Å². The van der Waals surface area contributed by atoms with Crippen LogP contribution in [0.3, 0.4) is 0 Å². The predicted octanol–water partition coefficient (Wildman–Crippen LogP) is 3.45. The topological polar surface area (TPSA) is 66.5 Å². The zero-order chi connectivity index (χ0) is 18.1. The van der Waals surface area contributed by atoms with Crippen LogP contribution in [-0.4, -0.2) is 17.8 Å². The van der Waals surface area contributed by atoms with E-state index in [1.165, 1.54) is 30.3 Å². The van der Waals surface area contributed by atoms with Crippen LogP contribution >= 0.6 is 11.6 Å². The van der Waals surface area contributed by atoms with Gasteiger partial charge in [-0.2, -0.15) is 0 Å². The molecule has 4 amide bonds. The molecule has 3 rings (SSSR count). The van der Waals surface area contributed by atoms with Crippen molar-refractivity contribution in [3.8, 4) is 0 Å². The Balaban J connectivity index is 2.03. The summed E-state index contributed by atoms with van der Waals surface area (Å²) in [5.74, 6) is -2.15. The molecule has 126 valence electrons. The molecule has 0 radical (unpaired) electrons. The van der Waals surface area contributed by atoms with Crippen molar-refractivity contribution in [2.24, 2.45) is 0 Å². The number of nitrogens with zero attached hydrogens (tertiary/aromatic N) is 1. The third-order valence-corrected chi connectivity index (χ3v) is 4.08. The Labute approximate surface area is 147 Å². The highest BCUT2D eigenvalue weighted by Gasteiger charge is 2.36. The minimum atomic E-state index is -0.869. The normalized spacial score (nSPS) is 16.4. The number of amides is 4. The minimum absolute atomic E-state index is 0.232. The van der Waals surface area contributed by atoms with E-state index in [0.717, 1.165) is 10.5 Å². The average Bonchev–Trinajstić information content (AvgIpc) is 2.55. The summed E-state index contributed by atoms with van der Waals surface area (Å²) in [6, 6.07) is 9.22. The van der Waals surface area contributed by atoms with Crippen LogP contribution in [0.15, 0.2) is 48.0 Å². The van der Waals surface area contributed by atoms with Crippen molar-refractivity contribution < 1.29 is 18.8 Å². The van der Waals surface area contributed by atoms with Crippen molar-refractivity contribution in [1.29, 1.82) is 0 Å². The van der Waals surface area contributed by atoms with Crippen LogP contribution < -0.4 is 10.2 Å². The molecule has 0 bridgehead atoms. The summed E-state index contributed by atoms with van der Waals surface area (Å²) in [5.41, 5.74) is 1.06. The van der Waals surface area contributed by atoms with E-state index < -0.39 is 23.7 Å². The molecule has 7 heteroatoms. The zero-order valence-corrected chi connectivity index (χ0v) is 13.8. The SMILES string of the molecule is Cc1ccc(N2C(=O)NC(=O)/C(=C/c3cccc(F)c3)C2=O)cc1Cl. The molecule has 1 saturated heterocycles. The van der Waals surface area contributed by atoms with Gasteiger partial charge in [0, 0.05) is 5.02 Å². The van der Waals surface area contributed by atoms with Gasteiger partial charge in [-0.1, -0.05) is 29.8 Å². The molecule has 1 aliphatic heterocycles. The van der Waals surface area contributed by atoms with Crippen LogP contribution in [0.25, 0.3) is 6.08 Å². The highest BCUT2D eigenvalue weighted by atomic mass is 35.5. The first-order chi connectivity index (χ1) is 11.9. The quantitative estimate of drug-likeness (QED) is 0.660. The van der Waals surface area contributed by atoms with Gasteiger partial charge in [-0.25, -0.2) is 14.1 Å². The number of hydrogen-bond acceptors (Lipinski definition) is 3. The summed E-state index contributed by atoms with van der Waals surface area (Å²) < 4.78 is 13.3. The van der Waals surface area contributed by atoms with Crippen LogP contribution in [0.4, 0.5) is 14.9 Å². The Bertz CT molecular complexity index is 940. The molecule has 0 spiro atoms. The number of barbiturate groups is 1. The number of rotatable bonds is 2. The first-order valence-corrected chi connectivity index (χ1v) is 7.68. The molecule has 0 unspecified atom stereocenters. The van der Waals surface area contributed by atoms with Gasteiger partial charge in [0.1, 0.15) is 11.4 Å². The van der Waals surface area contributed by atoms with E-state index >= 15 is 0 Å². The number of urea groups is 1. The molecule has 0 saturated carbocycles. The number of anilines is 1. The van der Waals surface area contributed by atoms with E-state index in [1.54, 1.807) is 25.1 Å². The maximum Gasteiger partial charge on any atom is 0.335 e. The molecule has 2 aromatic rings. The summed E-state index contributed by atoms with van der Waals surface area (Å²) in [4.78, 5) is 37.6. The van der Waals surface area contributed by atoms with Gasteiger partial charge in [-0.15, -0.1) is 0 Å². The molecule has 1 heterocycles. The highest BCUT2D eigenvalue weighted by molar-refractivity contribution is 6.39. The molecule has 1 fully saturated rings. The summed E-state index contributed by atoms with van der Waals surface area (Å²) in [5, 5.41) is 2.48. The molecular formula is C18H12ClFN2O3. The number of hydrogen-bond donors (Lipinski definition) is 1. The molecule has 2 aromatic carbocycles.